The largest absolute Gasteiger partial charge is 0.474 e. The summed E-state index contributed by atoms with van der Waals surface area (Å²) in [6.45, 7) is 0. The van der Waals surface area contributed by atoms with E-state index in [2.05, 4.69) is 22.4 Å². The minimum Gasteiger partial charge on any atom is -0.474 e. The van der Waals surface area contributed by atoms with Gasteiger partial charge in [-0.1, -0.05) is 0 Å². The molecule has 0 fully saturated rings. The monoisotopic (exact) mass is 188 g/mol. The molecule has 0 aliphatic rings. The Morgan fingerprint density at radius 2 is 2.42 bits per heavy atom. The second kappa shape index (κ2) is 3.13. The molecule has 8 heteroatoms. The van der Waals surface area contributed by atoms with Gasteiger partial charge in [0.05, 0.1) is 0 Å². The van der Waals surface area contributed by atoms with Crippen LogP contribution in [-0.2, 0) is 9.59 Å². The summed E-state index contributed by atoms with van der Waals surface area (Å²) >= 11 is 4.63. The van der Waals surface area contributed by atoms with Crippen LogP contribution in [0.2, 0.25) is 0 Å². The molecule has 3 N–H and O–H groups in total. The first-order valence-corrected chi connectivity index (χ1v) is 3.18. The minimum atomic E-state index is -1.59. The number of amides is 1. The first-order chi connectivity index (χ1) is 5.61. The number of aliphatic carboxylic acids is 1. The Hall–Kier alpha value is -1.70. The molecular formula is C4H4N4O3S. The van der Waals surface area contributed by atoms with Crippen LogP contribution in [0.25, 0.3) is 0 Å². The SMILES string of the molecule is O=C(O)C(=O)Nn1cn[nH]c1=S. The number of H-pyrrole nitrogens is 1. The molecule has 0 atom stereocenters. The van der Waals surface area contributed by atoms with Crippen LogP contribution in [0.5, 0.6) is 0 Å². The van der Waals surface area contributed by atoms with Crippen molar-refractivity contribution in [2.45, 2.75) is 0 Å². The molecule has 1 amide bonds. The van der Waals surface area contributed by atoms with E-state index in [1.807, 2.05) is 5.43 Å². The zero-order valence-corrected chi connectivity index (χ0v) is 6.46. The highest BCUT2D eigenvalue weighted by atomic mass is 32.1. The standard InChI is InChI=1S/C4H4N4O3S/c9-2(3(10)11)7-8-1-5-6-4(8)12/h1H,(H,6,12)(H,7,9)(H,10,11). The number of carbonyl (C=O) groups excluding carboxylic acids is 1. The maximum absolute atomic E-state index is 10.5. The van der Waals surface area contributed by atoms with Crippen LogP contribution in [0, 0.1) is 4.77 Å². The van der Waals surface area contributed by atoms with Gasteiger partial charge in [-0.3, -0.25) is 9.89 Å². The Kier molecular flexibility index (Phi) is 2.19. The van der Waals surface area contributed by atoms with E-state index in [9.17, 15) is 9.59 Å². The van der Waals surface area contributed by atoms with Crippen molar-refractivity contribution in [3.8, 4) is 0 Å². The molecule has 7 nitrogen and oxygen atoms in total. The van der Waals surface area contributed by atoms with Crippen molar-refractivity contribution >= 4 is 24.1 Å². The minimum absolute atomic E-state index is 0.115. The molecular weight excluding hydrogens is 184 g/mol. The fraction of sp³-hybridized carbons (Fsp3) is 0. The molecule has 0 unspecified atom stereocenters. The fourth-order valence-corrected chi connectivity index (χ4v) is 0.630. The Labute approximate surface area is 71.0 Å². The third-order valence-electron chi connectivity index (χ3n) is 0.968. The van der Waals surface area contributed by atoms with Crippen molar-refractivity contribution in [3.63, 3.8) is 0 Å². The molecule has 64 valence electrons. The molecule has 1 aromatic rings. The van der Waals surface area contributed by atoms with Gasteiger partial charge in [-0.15, -0.1) is 0 Å². The van der Waals surface area contributed by atoms with E-state index in [1.165, 1.54) is 0 Å². The number of carbonyl (C=O) groups is 2. The first kappa shape index (κ1) is 8.40. The van der Waals surface area contributed by atoms with E-state index in [-0.39, 0.29) is 4.77 Å². The number of carboxylic acid groups (broad SMARTS) is 1. The van der Waals surface area contributed by atoms with Gasteiger partial charge in [0, 0.05) is 0 Å². The number of aromatic amines is 1. The Morgan fingerprint density at radius 3 is 2.83 bits per heavy atom. The second-order valence-corrected chi connectivity index (χ2v) is 2.16. The Bertz CT molecular complexity index is 366. The lowest BCUT2D eigenvalue weighted by Gasteiger charge is -1.98. The van der Waals surface area contributed by atoms with Gasteiger partial charge in [0.25, 0.3) is 0 Å². The van der Waals surface area contributed by atoms with Crippen LogP contribution in [0.3, 0.4) is 0 Å². The van der Waals surface area contributed by atoms with E-state index in [1.54, 1.807) is 0 Å². The molecule has 0 radical (unpaired) electrons. The maximum atomic E-state index is 10.5. The van der Waals surface area contributed by atoms with Crippen LogP contribution >= 0.6 is 12.2 Å². The molecule has 0 spiro atoms. The van der Waals surface area contributed by atoms with Crippen molar-refractivity contribution in [3.05, 3.63) is 11.1 Å². The smallest absolute Gasteiger partial charge is 0.396 e. The number of aromatic nitrogens is 3. The number of nitrogens with one attached hydrogen (secondary N) is 2. The molecule has 1 heterocycles. The second-order valence-electron chi connectivity index (χ2n) is 1.78. The number of hydrogen-bond donors (Lipinski definition) is 3. The third-order valence-corrected chi connectivity index (χ3v) is 1.26. The topological polar surface area (TPSA) is 100 Å². The average molecular weight is 188 g/mol. The van der Waals surface area contributed by atoms with Crippen molar-refractivity contribution in [1.29, 1.82) is 0 Å². The quantitative estimate of drug-likeness (QED) is 0.391. The summed E-state index contributed by atoms with van der Waals surface area (Å²) in [5.41, 5.74) is 1.97. The summed E-state index contributed by atoms with van der Waals surface area (Å²) < 4.78 is 1.11. The van der Waals surface area contributed by atoms with Gasteiger partial charge in [-0.25, -0.2) is 14.9 Å². The molecule has 0 saturated carbocycles. The highest BCUT2D eigenvalue weighted by molar-refractivity contribution is 7.71. The number of hydrogen-bond acceptors (Lipinski definition) is 4. The molecule has 0 aromatic carbocycles. The lowest BCUT2D eigenvalue weighted by atomic mass is 10.6. The number of carboxylic acids is 1. The summed E-state index contributed by atoms with van der Waals surface area (Å²) in [6.07, 6.45) is 1.16. The van der Waals surface area contributed by atoms with Gasteiger partial charge in [0.15, 0.2) is 0 Å². The lowest BCUT2D eigenvalue weighted by molar-refractivity contribution is -0.148. The predicted octanol–water partition coefficient (Wildman–Crippen LogP) is -0.905. The van der Waals surface area contributed by atoms with Gasteiger partial charge in [-0.2, -0.15) is 5.10 Å². The fourth-order valence-electron chi connectivity index (χ4n) is 0.485. The normalized spacial score (nSPS) is 9.33. The molecule has 0 aliphatic heterocycles. The zero-order valence-electron chi connectivity index (χ0n) is 5.64. The van der Waals surface area contributed by atoms with Gasteiger partial charge in [-0.05, 0) is 12.2 Å². The van der Waals surface area contributed by atoms with Gasteiger partial charge < -0.3 is 5.11 Å². The Morgan fingerprint density at radius 1 is 1.75 bits per heavy atom. The number of rotatable bonds is 1. The highest BCUT2D eigenvalue weighted by Gasteiger charge is 2.10. The van der Waals surface area contributed by atoms with Crippen molar-refractivity contribution in [2.24, 2.45) is 0 Å². The summed E-state index contributed by atoms with van der Waals surface area (Å²) in [5.74, 6) is -2.76. The average Bonchev–Trinajstić information content (AvgIpc) is 2.36. The van der Waals surface area contributed by atoms with Gasteiger partial charge in [0.1, 0.15) is 6.33 Å². The molecule has 0 saturated heterocycles. The van der Waals surface area contributed by atoms with Crippen LogP contribution in [0.4, 0.5) is 0 Å². The Balaban J connectivity index is 2.77. The van der Waals surface area contributed by atoms with Crippen molar-refractivity contribution in [2.75, 3.05) is 5.43 Å². The summed E-state index contributed by atoms with van der Waals surface area (Å²) in [6, 6.07) is 0. The van der Waals surface area contributed by atoms with E-state index in [0.29, 0.717) is 0 Å². The summed E-state index contributed by atoms with van der Waals surface area (Å²) in [7, 11) is 0. The van der Waals surface area contributed by atoms with Crippen LogP contribution in [0.15, 0.2) is 6.33 Å². The van der Waals surface area contributed by atoms with Gasteiger partial charge in [0.2, 0.25) is 4.77 Å². The lowest BCUT2D eigenvalue weighted by Crippen LogP contribution is -2.29. The van der Waals surface area contributed by atoms with E-state index < -0.39 is 11.9 Å². The van der Waals surface area contributed by atoms with Crippen LogP contribution < -0.4 is 5.43 Å². The first-order valence-electron chi connectivity index (χ1n) is 2.77. The van der Waals surface area contributed by atoms with Crippen LogP contribution in [0.1, 0.15) is 0 Å². The summed E-state index contributed by atoms with van der Waals surface area (Å²) in [5, 5.41) is 14.0. The molecule has 0 aliphatic carbocycles. The summed E-state index contributed by atoms with van der Waals surface area (Å²) in [4.78, 5) is 20.6. The molecule has 1 rings (SSSR count). The maximum Gasteiger partial charge on any atom is 0.396 e. The van der Waals surface area contributed by atoms with Crippen LogP contribution in [-0.4, -0.2) is 31.9 Å². The number of nitrogens with zero attached hydrogens (tertiary/aromatic N) is 2. The van der Waals surface area contributed by atoms with E-state index in [0.717, 1.165) is 11.0 Å². The van der Waals surface area contributed by atoms with Crippen molar-refractivity contribution in [1.82, 2.24) is 14.9 Å². The van der Waals surface area contributed by atoms with E-state index >= 15 is 0 Å². The molecule has 1 aromatic heterocycles. The highest BCUT2D eigenvalue weighted by Crippen LogP contribution is 1.81. The third kappa shape index (κ3) is 1.66. The van der Waals surface area contributed by atoms with Crippen molar-refractivity contribution < 1.29 is 14.7 Å². The predicted molar refractivity (Wildman–Crippen MR) is 39.4 cm³/mol. The van der Waals surface area contributed by atoms with Gasteiger partial charge >= 0.3 is 11.9 Å². The zero-order chi connectivity index (χ0) is 9.14. The van der Waals surface area contributed by atoms with E-state index in [4.69, 9.17) is 5.11 Å². The molecule has 0 bridgehead atoms. The molecule has 12 heavy (non-hydrogen) atoms.